The van der Waals surface area contributed by atoms with Crippen LogP contribution in [0.3, 0.4) is 0 Å². The van der Waals surface area contributed by atoms with Gasteiger partial charge in [0.25, 0.3) is 5.78 Å². The summed E-state index contributed by atoms with van der Waals surface area (Å²) in [6.45, 7) is 11.5. The molecule has 7 heteroatoms. The highest BCUT2D eigenvalue weighted by Crippen LogP contribution is 2.31. The number of fused-ring (bicyclic) bond motifs is 1. The first-order chi connectivity index (χ1) is 16.4. The number of ether oxygens (including phenoxy) is 1. The maximum atomic E-state index is 6.36. The minimum absolute atomic E-state index is 0.364. The van der Waals surface area contributed by atoms with Gasteiger partial charge >= 0.3 is 0 Å². The van der Waals surface area contributed by atoms with Gasteiger partial charge in [-0.1, -0.05) is 47.5 Å². The molecule has 5 rings (SSSR count). The van der Waals surface area contributed by atoms with E-state index < -0.39 is 0 Å². The van der Waals surface area contributed by atoms with Gasteiger partial charge in [0.15, 0.2) is 0 Å². The van der Waals surface area contributed by atoms with Crippen LogP contribution in [0.15, 0.2) is 48.8 Å². The van der Waals surface area contributed by atoms with Crippen molar-refractivity contribution in [3.8, 4) is 11.6 Å². The number of nitrogens with zero attached hydrogens (tertiary/aromatic N) is 5. The molecule has 0 bridgehead atoms. The summed E-state index contributed by atoms with van der Waals surface area (Å²) >= 11 is 0. The van der Waals surface area contributed by atoms with Gasteiger partial charge < -0.3 is 10.1 Å². The smallest absolute Gasteiger partial charge is 0.257 e. The molecule has 1 aliphatic heterocycles. The van der Waals surface area contributed by atoms with Gasteiger partial charge in [-0.2, -0.15) is 19.6 Å². The van der Waals surface area contributed by atoms with E-state index in [2.05, 4.69) is 89.4 Å². The molecule has 176 valence electrons. The number of likely N-dealkylation sites (tertiary alicyclic amines) is 1. The standard InChI is InChI=1S/C27H32N6O/c1-18-5-7-22(8-6-18)16-32-11-9-23(10-12-32)30-24-15-25(33-27(31-24)28-17-29-33)34-26-20(3)13-19(2)14-21(26)4/h5-8,13-15,17,23H,9-12,16H2,1-4H3,(H,28,29,30,31). The monoisotopic (exact) mass is 456 g/mol. The number of aromatic nitrogens is 4. The van der Waals surface area contributed by atoms with Gasteiger partial charge in [0.05, 0.1) is 0 Å². The van der Waals surface area contributed by atoms with Crippen molar-refractivity contribution in [1.29, 1.82) is 0 Å². The van der Waals surface area contributed by atoms with Gasteiger partial charge in [-0.15, -0.1) is 0 Å². The van der Waals surface area contributed by atoms with Gasteiger partial charge in [0.1, 0.15) is 17.9 Å². The molecule has 7 nitrogen and oxygen atoms in total. The molecule has 0 saturated carbocycles. The van der Waals surface area contributed by atoms with E-state index in [1.54, 1.807) is 4.52 Å². The summed E-state index contributed by atoms with van der Waals surface area (Å²) in [5.41, 5.74) is 6.09. The van der Waals surface area contributed by atoms with Crippen LogP contribution in [0.25, 0.3) is 5.78 Å². The van der Waals surface area contributed by atoms with Crippen molar-refractivity contribution in [2.75, 3.05) is 18.4 Å². The van der Waals surface area contributed by atoms with Crippen LogP contribution in [0.4, 0.5) is 5.82 Å². The third-order valence-electron chi connectivity index (χ3n) is 6.50. The molecule has 2 aromatic carbocycles. The summed E-state index contributed by atoms with van der Waals surface area (Å²) in [5.74, 6) is 2.76. The zero-order chi connectivity index (χ0) is 23.7. The molecule has 0 spiro atoms. The molecule has 1 N–H and O–H groups in total. The maximum Gasteiger partial charge on any atom is 0.257 e. The van der Waals surface area contributed by atoms with Gasteiger partial charge in [0, 0.05) is 31.7 Å². The number of benzene rings is 2. The highest BCUT2D eigenvalue weighted by atomic mass is 16.5. The number of hydrogen-bond donors (Lipinski definition) is 1. The Morgan fingerprint density at radius 2 is 1.65 bits per heavy atom. The van der Waals surface area contributed by atoms with Crippen molar-refractivity contribution in [3.05, 3.63) is 76.6 Å². The number of piperidine rings is 1. The second-order valence-corrected chi connectivity index (χ2v) is 9.46. The average molecular weight is 457 g/mol. The zero-order valence-electron chi connectivity index (χ0n) is 20.4. The third-order valence-corrected chi connectivity index (χ3v) is 6.50. The van der Waals surface area contributed by atoms with Crippen LogP contribution in [0.2, 0.25) is 0 Å². The SMILES string of the molecule is Cc1ccc(CN2CCC(Nc3cc(Oc4c(C)cc(C)cc4C)n4ncnc4n3)CC2)cc1. The highest BCUT2D eigenvalue weighted by Gasteiger charge is 2.21. The van der Waals surface area contributed by atoms with Gasteiger partial charge in [0.2, 0.25) is 5.88 Å². The zero-order valence-corrected chi connectivity index (χ0v) is 20.4. The second-order valence-electron chi connectivity index (χ2n) is 9.46. The van der Waals surface area contributed by atoms with E-state index in [1.165, 1.54) is 23.0 Å². The Hall–Kier alpha value is -3.45. The molecule has 1 saturated heterocycles. The molecule has 3 heterocycles. The van der Waals surface area contributed by atoms with Gasteiger partial charge in [-0.05, 0) is 57.2 Å². The largest absolute Gasteiger partial charge is 0.438 e. The topological polar surface area (TPSA) is 67.6 Å². The summed E-state index contributed by atoms with van der Waals surface area (Å²) in [4.78, 5) is 11.5. The van der Waals surface area contributed by atoms with Crippen molar-refractivity contribution >= 4 is 11.6 Å². The van der Waals surface area contributed by atoms with E-state index in [0.29, 0.717) is 17.7 Å². The van der Waals surface area contributed by atoms with Crippen molar-refractivity contribution in [2.45, 2.75) is 53.1 Å². The molecule has 34 heavy (non-hydrogen) atoms. The van der Waals surface area contributed by atoms with Crippen LogP contribution < -0.4 is 10.1 Å². The molecule has 1 fully saturated rings. The molecule has 0 radical (unpaired) electrons. The third kappa shape index (κ3) is 4.89. The number of nitrogens with one attached hydrogen (secondary N) is 1. The summed E-state index contributed by atoms with van der Waals surface area (Å²) in [6, 6.07) is 15.4. The van der Waals surface area contributed by atoms with Gasteiger partial charge in [-0.3, -0.25) is 4.90 Å². The van der Waals surface area contributed by atoms with E-state index in [1.807, 2.05) is 6.07 Å². The Kier molecular flexibility index (Phi) is 6.20. The fraction of sp³-hybridized carbons (Fsp3) is 0.370. The predicted octanol–water partition coefficient (Wildman–Crippen LogP) is 5.23. The minimum Gasteiger partial charge on any atom is -0.438 e. The highest BCUT2D eigenvalue weighted by molar-refractivity contribution is 5.50. The van der Waals surface area contributed by atoms with Crippen molar-refractivity contribution in [3.63, 3.8) is 0 Å². The summed E-state index contributed by atoms with van der Waals surface area (Å²) in [6.07, 6.45) is 3.65. The average Bonchev–Trinajstić information content (AvgIpc) is 3.28. The fourth-order valence-corrected chi connectivity index (χ4v) is 4.76. The van der Waals surface area contributed by atoms with Crippen LogP contribution >= 0.6 is 0 Å². The van der Waals surface area contributed by atoms with Crippen LogP contribution in [-0.4, -0.2) is 43.6 Å². The maximum absolute atomic E-state index is 6.36. The Labute approximate surface area is 200 Å². The summed E-state index contributed by atoms with van der Waals surface area (Å²) in [5, 5.41) is 7.94. The minimum atomic E-state index is 0.364. The Balaban J connectivity index is 1.28. The van der Waals surface area contributed by atoms with Crippen LogP contribution in [0.1, 0.15) is 40.7 Å². The summed E-state index contributed by atoms with van der Waals surface area (Å²) in [7, 11) is 0. The lowest BCUT2D eigenvalue weighted by atomic mass is 10.0. The molecule has 2 aromatic heterocycles. The Morgan fingerprint density at radius 1 is 0.941 bits per heavy atom. The van der Waals surface area contributed by atoms with Crippen LogP contribution in [0.5, 0.6) is 11.6 Å². The van der Waals surface area contributed by atoms with Gasteiger partial charge in [-0.25, -0.2) is 0 Å². The molecule has 0 amide bonds. The molecular weight excluding hydrogens is 424 g/mol. The van der Waals surface area contributed by atoms with E-state index >= 15 is 0 Å². The van der Waals surface area contributed by atoms with E-state index in [9.17, 15) is 0 Å². The lowest BCUT2D eigenvalue weighted by Crippen LogP contribution is -2.38. The summed E-state index contributed by atoms with van der Waals surface area (Å²) < 4.78 is 8.01. The normalized spacial score (nSPS) is 15.1. The molecule has 0 aliphatic carbocycles. The first kappa shape index (κ1) is 22.3. The first-order valence-corrected chi connectivity index (χ1v) is 12.0. The van der Waals surface area contributed by atoms with E-state index in [0.717, 1.165) is 55.2 Å². The van der Waals surface area contributed by atoms with Crippen molar-refractivity contribution < 1.29 is 4.74 Å². The van der Waals surface area contributed by atoms with Crippen LogP contribution in [-0.2, 0) is 6.54 Å². The van der Waals surface area contributed by atoms with Crippen molar-refractivity contribution in [2.24, 2.45) is 0 Å². The Bertz CT molecular complexity index is 1270. The lowest BCUT2D eigenvalue weighted by molar-refractivity contribution is 0.211. The molecular formula is C27H32N6O. The molecule has 0 atom stereocenters. The number of rotatable bonds is 6. The van der Waals surface area contributed by atoms with Crippen molar-refractivity contribution in [1.82, 2.24) is 24.5 Å². The van der Waals surface area contributed by atoms with E-state index in [4.69, 9.17) is 4.74 Å². The molecule has 0 unspecified atom stereocenters. The van der Waals surface area contributed by atoms with E-state index in [-0.39, 0.29) is 0 Å². The quantitative estimate of drug-likeness (QED) is 0.429. The Morgan fingerprint density at radius 3 is 2.35 bits per heavy atom. The number of anilines is 1. The first-order valence-electron chi connectivity index (χ1n) is 12.0. The number of aryl methyl sites for hydroxylation is 4. The predicted molar refractivity (Wildman–Crippen MR) is 135 cm³/mol. The number of hydrogen-bond acceptors (Lipinski definition) is 6. The second kappa shape index (κ2) is 9.43. The van der Waals surface area contributed by atoms with Crippen LogP contribution in [0, 0.1) is 27.7 Å². The molecule has 4 aromatic rings. The molecule has 1 aliphatic rings. The fourth-order valence-electron chi connectivity index (χ4n) is 4.76. The lowest BCUT2D eigenvalue weighted by Gasteiger charge is -2.32.